The van der Waals surface area contributed by atoms with Crippen molar-refractivity contribution in [3.8, 4) is 0 Å². The van der Waals surface area contributed by atoms with Crippen molar-refractivity contribution in [2.45, 2.75) is 57.7 Å². The Morgan fingerprint density at radius 1 is 1.19 bits per heavy atom. The molecule has 2 aliphatic heterocycles. The van der Waals surface area contributed by atoms with Gasteiger partial charge in [0.05, 0.1) is 29.5 Å². The summed E-state index contributed by atoms with van der Waals surface area (Å²) in [4.78, 5) is 34.9. The number of aromatic nitrogens is 3. The number of anilines is 3. The van der Waals surface area contributed by atoms with Crippen LogP contribution in [0.25, 0.3) is 10.9 Å². The van der Waals surface area contributed by atoms with E-state index in [-0.39, 0.29) is 12.3 Å². The van der Waals surface area contributed by atoms with Crippen LogP contribution in [0.3, 0.4) is 0 Å². The molecule has 0 saturated carbocycles. The number of rotatable bonds is 5. The molecule has 3 N–H and O–H groups in total. The molecule has 2 saturated heterocycles. The van der Waals surface area contributed by atoms with Crippen molar-refractivity contribution in [1.29, 1.82) is 0 Å². The van der Waals surface area contributed by atoms with Gasteiger partial charge in [0, 0.05) is 32.4 Å². The maximum atomic E-state index is 13.5. The number of nitrogens with one attached hydrogen (secondary N) is 1. The minimum absolute atomic E-state index is 0.150. The summed E-state index contributed by atoms with van der Waals surface area (Å²) >= 11 is 0. The summed E-state index contributed by atoms with van der Waals surface area (Å²) in [6, 6.07) is 8.08. The molecule has 10 heteroatoms. The van der Waals surface area contributed by atoms with E-state index in [1.54, 1.807) is 15.8 Å². The molecule has 37 heavy (non-hydrogen) atoms. The molecule has 196 valence electrons. The number of carbonyl (C=O) groups excluding carboxylic acids is 2. The second-order valence-corrected chi connectivity index (χ2v) is 9.80. The van der Waals surface area contributed by atoms with Gasteiger partial charge in [-0.15, -0.1) is 0 Å². The number of amides is 2. The van der Waals surface area contributed by atoms with Crippen LogP contribution >= 0.6 is 0 Å². The van der Waals surface area contributed by atoms with Gasteiger partial charge in [0.1, 0.15) is 11.3 Å². The standard InChI is InChI=1S/C27H35N7O3/c1-3-32(2)19-10-8-9-18(15-19)22-11-4-6-13-33(22)27(36)26(35)31-21-17-29-25(28)20-16-30-34(24(20)21)23-12-5-7-14-37-23/h8-10,15-17,22-23H,3-7,11-14H2,1-2H3,(H2,28,29)(H,31,35). The molecule has 0 aliphatic carbocycles. The number of nitrogens with zero attached hydrogens (tertiary/aromatic N) is 5. The third kappa shape index (κ3) is 4.98. The number of pyridine rings is 1. The SMILES string of the molecule is CCN(C)c1cccc(C2CCCCN2C(=O)C(=O)Nc2cnc(N)c3cnn(C4CCCCO4)c23)c1. The highest BCUT2D eigenvalue weighted by Crippen LogP contribution is 2.34. The minimum atomic E-state index is -0.695. The number of hydrogen-bond donors (Lipinski definition) is 2. The normalized spacial score (nSPS) is 20.1. The van der Waals surface area contributed by atoms with Gasteiger partial charge in [-0.2, -0.15) is 5.10 Å². The number of piperidine rings is 1. The summed E-state index contributed by atoms with van der Waals surface area (Å²) in [6.45, 7) is 4.17. The lowest BCUT2D eigenvalue weighted by atomic mass is 9.94. The molecule has 2 unspecified atom stereocenters. The number of nitrogen functional groups attached to an aromatic ring is 1. The Kier molecular flexibility index (Phi) is 7.27. The first-order valence-electron chi connectivity index (χ1n) is 13.1. The van der Waals surface area contributed by atoms with Crippen molar-refractivity contribution in [2.24, 2.45) is 0 Å². The van der Waals surface area contributed by atoms with Gasteiger partial charge < -0.3 is 25.6 Å². The lowest BCUT2D eigenvalue weighted by Crippen LogP contribution is -2.44. The number of likely N-dealkylation sites (tertiary alicyclic amines) is 1. The number of hydrogen-bond acceptors (Lipinski definition) is 7. The van der Waals surface area contributed by atoms with E-state index in [9.17, 15) is 9.59 Å². The van der Waals surface area contributed by atoms with Crippen LogP contribution in [-0.2, 0) is 14.3 Å². The maximum absolute atomic E-state index is 13.5. The van der Waals surface area contributed by atoms with E-state index in [4.69, 9.17) is 10.5 Å². The molecular weight excluding hydrogens is 470 g/mol. The van der Waals surface area contributed by atoms with Crippen LogP contribution in [0, 0.1) is 0 Å². The third-order valence-electron chi connectivity index (χ3n) is 7.46. The molecular formula is C27H35N7O3. The molecule has 2 aliphatic rings. The van der Waals surface area contributed by atoms with Crippen molar-refractivity contribution < 1.29 is 14.3 Å². The van der Waals surface area contributed by atoms with Crippen LogP contribution in [0.2, 0.25) is 0 Å². The highest BCUT2D eigenvalue weighted by atomic mass is 16.5. The topological polar surface area (TPSA) is 119 Å². The largest absolute Gasteiger partial charge is 0.383 e. The fourth-order valence-corrected chi connectivity index (χ4v) is 5.29. The average Bonchev–Trinajstić information content (AvgIpc) is 3.41. The van der Waals surface area contributed by atoms with Crippen molar-refractivity contribution in [3.05, 3.63) is 42.2 Å². The summed E-state index contributed by atoms with van der Waals surface area (Å²) < 4.78 is 7.66. The summed E-state index contributed by atoms with van der Waals surface area (Å²) in [6.07, 6.45) is 8.40. The fourth-order valence-electron chi connectivity index (χ4n) is 5.29. The van der Waals surface area contributed by atoms with Crippen LogP contribution in [0.5, 0.6) is 0 Å². The lowest BCUT2D eigenvalue weighted by molar-refractivity contribution is -0.145. The molecule has 2 aromatic heterocycles. The van der Waals surface area contributed by atoms with E-state index in [0.29, 0.717) is 35.6 Å². The summed E-state index contributed by atoms with van der Waals surface area (Å²) in [5, 5.41) is 7.92. The van der Waals surface area contributed by atoms with Crippen molar-refractivity contribution in [3.63, 3.8) is 0 Å². The predicted octanol–water partition coefficient (Wildman–Crippen LogP) is 3.86. The zero-order valence-electron chi connectivity index (χ0n) is 21.5. The van der Waals surface area contributed by atoms with Crippen LogP contribution in [0.15, 0.2) is 36.7 Å². The highest BCUT2D eigenvalue weighted by molar-refractivity contribution is 6.40. The Hall–Kier alpha value is -3.66. The van der Waals surface area contributed by atoms with E-state index >= 15 is 0 Å². The summed E-state index contributed by atoms with van der Waals surface area (Å²) in [5.74, 6) is -0.933. The van der Waals surface area contributed by atoms with E-state index in [2.05, 4.69) is 39.4 Å². The second kappa shape index (κ2) is 10.8. The van der Waals surface area contributed by atoms with E-state index < -0.39 is 11.8 Å². The predicted molar refractivity (Wildman–Crippen MR) is 143 cm³/mol. The van der Waals surface area contributed by atoms with Crippen LogP contribution in [0.4, 0.5) is 17.2 Å². The Labute approximate surface area is 216 Å². The van der Waals surface area contributed by atoms with Gasteiger partial charge in [-0.1, -0.05) is 12.1 Å². The van der Waals surface area contributed by atoms with Crippen molar-refractivity contribution in [2.75, 3.05) is 42.7 Å². The first kappa shape index (κ1) is 25.0. The first-order valence-corrected chi connectivity index (χ1v) is 13.1. The lowest BCUT2D eigenvalue weighted by Gasteiger charge is -2.36. The molecule has 2 atom stereocenters. The van der Waals surface area contributed by atoms with Crippen molar-refractivity contribution in [1.82, 2.24) is 19.7 Å². The molecule has 4 heterocycles. The Morgan fingerprint density at radius 2 is 2.03 bits per heavy atom. The smallest absolute Gasteiger partial charge is 0.314 e. The Morgan fingerprint density at radius 3 is 2.81 bits per heavy atom. The van der Waals surface area contributed by atoms with Gasteiger partial charge in [-0.05, 0) is 63.1 Å². The summed E-state index contributed by atoms with van der Waals surface area (Å²) in [7, 11) is 2.04. The van der Waals surface area contributed by atoms with E-state index in [1.165, 1.54) is 6.20 Å². The number of carbonyl (C=O) groups is 2. The van der Waals surface area contributed by atoms with Crippen LogP contribution in [0.1, 0.15) is 63.3 Å². The second-order valence-electron chi connectivity index (χ2n) is 9.80. The summed E-state index contributed by atoms with van der Waals surface area (Å²) in [5.41, 5.74) is 9.26. The zero-order chi connectivity index (χ0) is 25.9. The van der Waals surface area contributed by atoms with E-state index in [0.717, 1.165) is 56.3 Å². The molecule has 3 aromatic rings. The Bertz CT molecular complexity index is 1280. The maximum Gasteiger partial charge on any atom is 0.314 e. The third-order valence-corrected chi connectivity index (χ3v) is 7.46. The average molecular weight is 506 g/mol. The molecule has 5 rings (SSSR count). The number of fused-ring (bicyclic) bond motifs is 1. The van der Waals surface area contributed by atoms with Crippen LogP contribution in [-0.4, -0.2) is 58.2 Å². The first-order chi connectivity index (χ1) is 18.0. The van der Waals surface area contributed by atoms with Gasteiger partial charge in [0.2, 0.25) is 0 Å². The minimum Gasteiger partial charge on any atom is -0.383 e. The molecule has 0 bridgehead atoms. The Balaban J connectivity index is 1.40. The molecule has 2 fully saturated rings. The molecule has 10 nitrogen and oxygen atoms in total. The zero-order valence-corrected chi connectivity index (χ0v) is 21.5. The number of benzene rings is 1. The van der Waals surface area contributed by atoms with Crippen LogP contribution < -0.4 is 16.0 Å². The molecule has 2 amide bonds. The quantitative estimate of drug-likeness (QED) is 0.506. The number of ether oxygens (including phenoxy) is 1. The number of nitrogens with two attached hydrogens (primary N) is 1. The van der Waals surface area contributed by atoms with E-state index in [1.807, 2.05) is 19.2 Å². The van der Waals surface area contributed by atoms with Gasteiger partial charge >= 0.3 is 11.8 Å². The van der Waals surface area contributed by atoms with Gasteiger partial charge in [0.25, 0.3) is 0 Å². The molecule has 1 aromatic carbocycles. The van der Waals surface area contributed by atoms with Gasteiger partial charge in [0.15, 0.2) is 6.23 Å². The monoisotopic (exact) mass is 505 g/mol. The molecule has 0 radical (unpaired) electrons. The molecule has 0 spiro atoms. The van der Waals surface area contributed by atoms with Gasteiger partial charge in [-0.3, -0.25) is 9.59 Å². The fraction of sp³-hybridized carbons (Fsp3) is 0.481. The van der Waals surface area contributed by atoms with Gasteiger partial charge in [-0.25, -0.2) is 9.67 Å². The highest BCUT2D eigenvalue weighted by Gasteiger charge is 2.33. The van der Waals surface area contributed by atoms with Crippen molar-refractivity contribution >= 4 is 39.9 Å².